The average molecular weight is 1050 g/mol. The number of nitrogens with zero attached hydrogens (tertiary/aromatic N) is 2. The van der Waals surface area contributed by atoms with Crippen molar-refractivity contribution in [2.24, 2.45) is 0 Å². The summed E-state index contributed by atoms with van der Waals surface area (Å²) >= 11 is 0. The van der Waals surface area contributed by atoms with Crippen molar-refractivity contribution in [2.45, 2.75) is 79.8 Å². The summed E-state index contributed by atoms with van der Waals surface area (Å²) in [6.45, 7) is 8.34. The number of anilines is 2. The van der Waals surface area contributed by atoms with Gasteiger partial charge in [0.25, 0.3) is 17.0 Å². The van der Waals surface area contributed by atoms with Crippen molar-refractivity contribution in [3.05, 3.63) is 215 Å². The van der Waals surface area contributed by atoms with Crippen molar-refractivity contribution in [2.75, 3.05) is 17.2 Å². The first-order chi connectivity index (χ1) is 36.1. The molecule has 8 rings (SSSR count). The van der Waals surface area contributed by atoms with Crippen LogP contribution in [0.2, 0.25) is 0 Å². The van der Waals surface area contributed by atoms with Gasteiger partial charge in [0.15, 0.2) is 46.5 Å². The first-order valence-electron chi connectivity index (χ1n) is 23.8. The molecule has 0 radical (unpaired) electrons. The lowest BCUT2D eigenvalue weighted by Crippen LogP contribution is -2.26. The van der Waals surface area contributed by atoms with E-state index in [9.17, 15) is 59.9 Å². The van der Waals surface area contributed by atoms with Gasteiger partial charge >= 0.3 is 0 Å². The number of rotatable bonds is 14. The minimum Gasteiger partial charge on any atom is -0.397 e. The number of Topliss-reactive ketones (excluding diaryl/α,β-unsaturated/α-hetero) is 3. The fourth-order valence-corrected chi connectivity index (χ4v) is 7.80. The van der Waals surface area contributed by atoms with E-state index in [2.05, 4.69) is 10.6 Å². The standard InChI is InChI=1S/C28H23F3N2O3.C25H19F3N2O3.C3H6O.C2H6O/c1-16(2)25-19-10-9-17(14-23(19)32-27(25)35)6-3-4-8-24(34)20-7-5-11-33(28(20)36)15-18-12-21(29)26(31)22(30)13-18;26-19-10-16(11-20(27)24(19)28)14-30-9-3-5-18(25(30)33)22(31)6-2-1-4-15-7-8-17-13-23(32)29-21(17)12-15;1-3(2)4;1-2-3/h3,5-7,9-14H,4,8,15H2,1-2H3,(H,32,35);1,3-5,7-12H,2,6,13-14H2,(H,29,32);1-2H3;3H,2H2,1H3/b6-3+;4-1+;;. The fraction of sp³-hybridized carbons (Fsp3) is 0.224. The van der Waals surface area contributed by atoms with Gasteiger partial charge in [0.05, 0.1) is 30.6 Å². The summed E-state index contributed by atoms with van der Waals surface area (Å²) in [5, 5.41) is 13.2. The van der Waals surface area contributed by atoms with Gasteiger partial charge in [0.2, 0.25) is 5.91 Å². The van der Waals surface area contributed by atoms with Crippen molar-refractivity contribution >= 4 is 58.3 Å². The van der Waals surface area contributed by atoms with Crippen LogP contribution in [0.3, 0.4) is 0 Å². The second-order valence-electron chi connectivity index (χ2n) is 17.7. The molecule has 2 aliphatic rings. The van der Waals surface area contributed by atoms with Gasteiger partial charge in [0, 0.05) is 54.4 Å². The Morgan fingerprint density at radius 2 is 1.03 bits per heavy atom. The van der Waals surface area contributed by atoms with E-state index >= 15 is 0 Å². The van der Waals surface area contributed by atoms with Crippen molar-refractivity contribution in [1.29, 1.82) is 0 Å². The van der Waals surface area contributed by atoms with Crippen LogP contribution in [0.15, 0.2) is 125 Å². The van der Waals surface area contributed by atoms with Crippen LogP contribution in [-0.2, 0) is 33.9 Å². The lowest BCUT2D eigenvalue weighted by atomic mass is 10.0. The molecule has 18 heteroatoms. The molecular formula is C58H54F6N4O8. The predicted molar refractivity (Wildman–Crippen MR) is 279 cm³/mol. The van der Waals surface area contributed by atoms with Gasteiger partial charge in [-0.05, 0) is 136 Å². The van der Waals surface area contributed by atoms with Gasteiger partial charge < -0.3 is 29.7 Å². The Morgan fingerprint density at radius 1 is 0.605 bits per heavy atom. The first kappa shape index (κ1) is 58.4. The van der Waals surface area contributed by atoms with Crippen LogP contribution in [0.4, 0.5) is 37.7 Å². The number of allylic oxidation sites excluding steroid dienone is 3. The number of aliphatic hydroxyl groups is 1. The highest BCUT2D eigenvalue weighted by atomic mass is 19.2. The summed E-state index contributed by atoms with van der Waals surface area (Å²) in [5.74, 6) is -9.27. The number of nitrogens with one attached hydrogen (secondary N) is 2. The van der Waals surface area contributed by atoms with Crippen LogP contribution in [0.1, 0.15) is 114 Å². The average Bonchev–Trinajstić information content (AvgIpc) is 3.91. The highest BCUT2D eigenvalue weighted by Crippen LogP contribution is 2.34. The van der Waals surface area contributed by atoms with E-state index in [1.807, 2.05) is 74.5 Å². The second-order valence-corrected chi connectivity index (χ2v) is 17.7. The summed E-state index contributed by atoms with van der Waals surface area (Å²) in [6, 6.07) is 20.3. The van der Waals surface area contributed by atoms with Crippen molar-refractivity contribution in [3.8, 4) is 0 Å². The summed E-state index contributed by atoms with van der Waals surface area (Å²) in [6.07, 6.45) is 11.4. The molecule has 0 atom stereocenters. The van der Waals surface area contributed by atoms with Gasteiger partial charge in [-0.1, -0.05) is 54.1 Å². The number of pyridine rings is 2. The van der Waals surface area contributed by atoms with Gasteiger partial charge in [-0.25, -0.2) is 26.3 Å². The van der Waals surface area contributed by atoms with Crippen molar-refractivity contribution in [1.82, 2.24) is 9.13 Å². The van der Waals surface area contributed by atoms with Crippen LogP contribution in [-0.4, -0.2) is 50.0 Å². The number of carbonyl (C=O) groups is 5. The van der Waals surface area contributed by atoms with Crippen molar-refractivity contribution in [3.63, 3.8) is 0 Å². The second kappa shape index (κ2) is 27.1. The number of fused-ring (bicyclic) bond motifs is 2. The lowest BCUT2D eigenvalue weighted by Gasteiger charge is -2.08. The van der Waals surface area contributed by atoms with Crippen LogP contribution < -0.4 is 21.8 Å². The fourth-order valence-electron chi connectivity index (χ4n) is 7.80. The van der Waals surface area contributed by atoms with Gasteiger partial charge in [0.1, 0.15) is 5.78 Å². The van der Waals surface area contributed by atoms with E-state index in [0.29, 0.717) is 24.8 Å². The Hall–Kier alpha value is -8.51. The Balaban J connectivity index is 0.000000251. The zero-order valence-electron chi connectivity index (χ0n) is 42.2. The molecule has 6 aromatic rings. The number of aromatic nitrogens is 2. The number of hydrogen-bond donors (Lipinski definition) is 3. The normalized spacial score (nSPS) is 12.1. The molecule has 0 spiro atoms. The van der Waals surface area contributed by atoms with Crippen LogP contribution in [0, 0.1) is 34.9 Å². The van der Waals surface area contributed by atoms with E-state index in [-0.39, 0.29) is 84.0 Å². The molecule has 0 saturated carbocycles. The number of halogens is 6. The highest BCUT2D eigenvalue weighted by Gasteiger charge is 2.25. The molecule has 0 bridgehead atoms. The zero-order chi connectivity index (χ0) is 55.8. The maximum atomic E-state index is 13.5. The smallest absolute Gasteiger partial charge is 0.261 e. The van der Waals surface area contributed by atoms with Crippen LogP contribution in [0.5, 0.6) is 0 Å². The molecule has 12 nitrogen and oxygen atoms in total. The molecule has 0 saturated heterocycles. The summed E-state index contributed by atoms with van der Waals surface area (Å²) in [7, 11) is 0. The number of benzene rings is 4. The van der Waals surface area contributed by atoms with E-state index in [4.69, 9.17) is 5.11 Å². The molecular weight excluding hydrogens is 995 g/mol. The Morgan fingerprint density at radius 3 is 1.46 bits per heavy atom. The molecule has 4 aromatic carbocycles. The maximum Gasteiger partial charge on any atom is 0.261 e. The van der Waals surface area contributed by atoms with E-state index in [0.717, 1.165) is 72.6 Å². The van der Waals surface area contributed by atoms with Crippen LogP contribution in [0.25, 0.3) is 17.7 Å². The molecule has 396 valence electrons. The molecule has 0 aliphatic carbocycles. The summed E-state index contributed by atoms with van der Waals surface area (Å²) in [5.41, 5.74) is 5.53. The Bertz CT molecular complexity index is 3360. The number of amides is 2. The zero-order valence-corrected chi connectivity index (χ0v) is 42.2. The first-order valence-corrected chi connectivity index (χ1v) is 23.8. The molecule has 4 heterocycles. The third-order valence-electron chi connectivity index (χ3n) is 11.2. The minimum atomic E-state index is -1.58. The number of carbonyl (C=O) groups excluding carboxylic acids is 5. The third-order valence-corrected chi connectivity index (χ3v) is 11.2. The van der Waals surface area contributed by atoms with Crippen LogP contribution >= 0.6 is 0 Å². The summed E-state index contributed by atoms with van der Waals surface area (Å²) < 4.78 is 82.5. The van der Waals surface area contributed by atoms with Gasteiger partial charge in [-0.15, -0.1) is 0 Å². The number of ketones is 3. The molecule has 3 N–H and O–H groups in total. The quantitative estimate of drug-likeness (QED) is 0.0418. The van der Waals surface area contributed by atoms with E-state index in [1.54, 1.807) is 6.92 Å². The van der Waals surface area contributed by atoms with Gasteiger partial charge in [-0.3, -0.25) is 28.8 Å². The largest absolute Gasteiger partial charge is 0.397 e. The number of aliphatic hydroxyl groups excluding tert-OH is 1. The minimum absolute atomic E-state index is 0.0331. The lowest BCUT2D eigenvalue weighted by molar-refractivity contribution is -0.115. The Kier molecular flexibility index (Phi) is 20.9. The SMILES string of the molecule is CC(C)=C1C(=O)Nc2cc(/C=C/CCC(=O)c3cccn(Cc4cc(F)c(F)c(F)c4)c3=O)ccc21.CC(C)=O.CCO.O=C1Cc2ccc(/C=C/CCC(=O)c3cccn(Cc4cc(F)c(F)c(F)c4)c3=O)cc2N1. The topological polar surface area (TPSA) is 174 Å². The predicted octanol–water partition coefficient (Wildman–Crippen LogP) is 10.8. The monoisotopic (exact) mass is 1050 g/mol. The molecule has 2 aromatic heterocycles. The van der Waals surface area contributed by atoms with E-state index < -0.39 is 46.0 Å². The third kappa shape index (κ3) is 15.8. The Labute approximate surface area is 433 Å². The highest BCUT2D eigenvalue weighted by molar-refractivity contribution is 6.32. The van der Waals surface area contributed by atoms with Gasteiger partial charge in [-0.2, -0.15) is 0 Å². The number of hydrogen-bond acceptors (Lipinski definition) is 8. The maximum absolute atomic E-state index is 13.5. The summed E-state index contributed by atoms with van der Waals surface area (Å²) in [4.78, 5) is 83.7. The molecule has 2 amide bonds. The van der Waals surface area contributed by atoms with E-state index in [1.165, 1.54) is 50.5 Å². The molecule has 0 fully saturated rings. The van der Waals surface area contributed by atoms with Crippen molar-refractivity contribution < 1.29 is 55.4 Å². The molecule has 76 heavy (non-hydrogen) atoms. The molecule has 2 aliphatic heterocycles. The molecule has 0 unspecified atom stereocenters.